The standard InChI is InChI=1S/C11H15N3O/c12-10-3-4-13-7-9(10)11(15)8-14-5-1-2-6-14/h3-4,7H,1-2,5-6,8H2,(H2,12,13). The highest BCUT2D eigenvalue weighted by Crippen LogP contribution is 2.13. The summed E-state index contributed by atoms with van der Waals surface area (Å²) in [4.78, 5) is 17.9. The molecule has 2 heterocycles. The molecule has 1 saturated heterocycles. The van der Waals surface area contributed by atoms with Crippen molar-refractivity contribution in [3.05, 3.63) is 24.0 Å². The topological polar surface area (TPSA) is 59.2 Å². The lowest BCUT2D eigenvalue weighted by molar-refractivity contribution is 0.0946. The molecule has 0 amide bonds. The molecule has 15 heavy (non-hydrogen) atoms. The van der Waals surface area contributed by atoms with Gasteiger partial charge in [0, 0.05) is 18.1 Å². The third kappa shape index (κ3) is 2.33. The zero-order valence-electron chi connectivity index (χ0n) is 8.65. The number of likely N-dealkylation sites (tertiary alicyclic amines) is 1. The zero-order chi connectivity index (χ0) is 10.7. The van der Waals surface area contributed by atoms with Gasteiger partial charge in [-0.15, -0.1) is 0 Å². The number of hydrogen-bond acceptors (Lipinski definition) is 4. The van der Waals surface area contributed by atoms with E-state index in [4.69, 9.17) is 5.73 Å². The number of anilines is 1. The van der Waals surface area contributed by atoms with E-state index in [-0.39, 0.29) is 5.78 Å². The summed E-state index contributed by atoms with van der Waals surface area (Å²) in [6, 6.07) is 1.66. The maximum absolute atomic E-state index is 11.9. The van der Waals surface area contributed by atoms with Gasteiger partial charge in [-0.25, -0.2) is 0 Å². The first kappa shape index (κ1) is 10.1. The third-order valence-corrected chi connectivity index (χ3v) is 2.72. The molecular formula is C11H15N3O. The minimum Gasteiger partial charge on any atom is -0.398 e. The van der Waals surface area contributed by atoms with Crippen molar-refractivity contribution < 1.29 is 4.79 Å². The van der Waals surface area contributed by atoms with Crippen LogP contribution in [0, 0.1) is 0 Å². The van der Waals surface area contributed by atoms with E-state index in [0.717, 1.165) is 13.1 Å². The molecule has 1 aromatic heterocycles. The van der Waals surface area contributed by atoms with Gasteiger partial charge in [0.15, 0.2) is 5.78 Å². The lowest BCUT2D eigenvalue weighted by Crippen LogP contribution is -2.27. The molecule has 0 spiro atoms. The minimum atomic E-state index is 0.0718. The Morgan fingerprint density at radius 1 is 1.47 bits per heavy atom. The highest BCUT2D eigenvalue weighted by Gasteiger charge is 2.17. The number of rotatable bonds is 3. The van der Waals surface area contributed by atoms with Crippen LogP contribution in [0.5, 0.6) is 0 Å². The summed E-state index contributed by atoms with van der Waals surface area (Å²) in [7, 11) is 0. The summed E-state index contributed by atoms with van der Waals surface area (Å²) >= 11 is 0. The molecule has 0 atom stereocenters. The van der Waals surface area contributed by atoms with Crippen molar-refractivity contribution in [2.75, 3.05) is 25.4 Å². The third-order valence-electron chi connectivity index (χ3n) is 2.72. The molecule has 1 fully saturated rings. The molecular weight excluding hydrogens is 190 g/mol. The normalized spacial score (nSPS) is 16.8. The zero-order valence-corrected chi connectivity index (χ0v) is 8.65. The molecule has 1 aliphatic rings. The number of nitrogens with two attached hydrogens (primary N) is 1. The number of aromatic nitrogens is 1. The van der Waals surface area contributed by atoms with E-state index >= 15 is 0 Å². The molecule has 2 N–H and O–H groups in total. The van der Waals surface area contributed by atoms with Crippen molar-refractivity contribution in [1.82, 2.24) is 9.88 Å². The molecule has 4 nitrogen and oxygen atoms in total. The van der Waals surface area contributed by atoms with Crippen LogP contribution in [0.4, 0.5) is 5.69 Å². The van der Waals surface area contributed by atoms with Crippen LogP contribution in [0.15, 0.2) is 18.5 Å². The molecule has 4 heteroatoms. The summed E-state index contributed by atoms with van der Waals surface area (Å²) in [5, 5.41) is 0. The van der Waals surface area contributed by atoms with E-state index in [1.54, 1.807) is 18.5 Å². The summed E-state index contributed by atoms with van der Waals surface area (Å²) in [6.45, 7) is 2.51. The van der Waals surface area contributed by atoms with E-state index in [1.165, 1.54) is 12.8 Å². The van der Waals surface area contributed by atoms with Crippen LogP contribution < -0.4 is 5.73 Å². The average Bonchev–Trinajstić information content (AvgIpc) is 2.71. The Hall–Kier alpha value is -1.42. The van der Waals surface area contributed by atoms with Crippen molar-refractivity contribution in [1.29, 1.82) is 0 Å². The molecule has 1 aromatic rings. The van der Waals surface area contributed by atoms with Crippen LogP contribution >= 0.6 is 0 Å². The summed E-state index contributed by atoms with van der Waals surface area (Å²) < 4.78 is 0. The average molecular weight is 205 g/mol. The second-order valence-electron chi connectivity index (χ2n) is 3.87. The number of nitrogen functional groups attached to an aromatic ring is 1. The Balaban J connectivity index is 2.04. The smallest absolute Gasteiger partial charge is 0.180 e. The Morgan fingerprint density at radius 2 is 2.20 bits per heavy atom. The number of ketones is 1. The van der Waals surface area contributed by atoms with Crippen LogP contribution in [-0.2, 0) is 0 Å². The fourth-order valence-corrected chi connectivity index (χ4v) is 1.87. The van der Waals surface area contributed by atoms with Crippen LogP contribution in [0.3, 0.4) is 0 Å². The predicted octanol–water partition coefficient (Wildman–Crippen LogP) is 0.942. The Morgan fingerprint density at radius 3 is 2.87 bits per heavy atom. The quantitative estimate of drug-likeness (QED) is 0.746. The van der Waals surface area contributed by atoms with Gasteiger partial charge in [-0.05, 0) is 32.0 Å². The van der Waals surface area contributed by atoms with Gasteiger partial charge in [0.25, 0.3) is 0 Å². The largest absolute Gasteiger partial charge is 0.398 e. The monoisotopic (exact) mass is 205 g/mol. The molecule has 0 aromatic carbocycles. The number of Topliss-reactive ketones (excluding diaryl/α,β-unsaturated/α-hetero) is 1. The van der Waals surface area contributed by atoms with Crippen molar-refractivity contribution in [2.45, 2.75) is 12.8 Å². The van der Waals surface area contributed by atoms with E-state index in [9.17, 15) is 4.79 Å². The van der Waals surface area contributed by atoms with E-state index in [1.807, 2.05) is 0 Å². The van der Waals surface area contributed by atoms with Gasteiger partial charge in [0.05, 0.1) is 12.1 Å². The number of carbonyl (C=O) groups excluding carboxylic acids is 1. The van der Waals surface area contributed by atoms with E-state index in [0.29, 0.717) is 17.8 Å². The first-order chi connectivity index (χ1) is 7.27. The van der Waals surface area contributed by atoms with Crippen molar-refractivity contribution in [3.63, 3.8) is 0 Å². The highest BCUT2D eigenvalue weighted by atomic mass is 16.1. The van der Waals surface area contributed by atoms with Gasteiger partial charge in [0.2, 0.25) is 0 Å². The van der Waals surface area contributed by atoms with Crippen LogP contribution in [0.2, 0.25) is 0 Å². The lowest BCUT2D eigenvalue weighted by atomic mass is 10.1. The summed E-state index contributed by atoms with van der Waals surface area (Å²) in [6.07, 6.45) is 5.53. The van der Waals surface area contributed by atoms with Crippen LogP contribution in [-0.4, -0.2) is 35.3 Å². The van der Waals surface area contributed by atoms with Gasteiger partial charge < -0.3 is 5.73 Å². The molecule has 1 aliphatic heterocycles. The van der Waals surface area contributed by atoms with Crippen molar-refractivity contribution in [2.24, 2.45) is 0 Å². The molecule has 0 bridgehead atoms. The van der Waals surface area contributed by atoms with Crippen molar-refractivity contribution >= 4 is 11.5 Å². The molecule has 0 unspecified atom stereocenters. The van der Waals surface area contributed by atoms with Crippen molar-refractivity contribution in [3.8, 4) is 0 Å². The highest BCUT2D eigenvalue weighted by molar-refractivity contribution is 6.01. The molecule has 2 rings (SSSR count). The fourth-order valence-electron chi connectivity index (χ4n) is 1.87. The molecule has 80 valence electrons. The number of pyridine rings is 1. The summed E-state index contributed by atoms with van der Waals surface area (Å²) in [5.74, 6) is 0.0718. The second kappa shape index (κ2) is 4.40. The fraction of sp³-hybridized carbons (Fsp3) is 0.455. The lowest BCUT2D eigenvalue weighted by Gasteiger charge is -2.13. The maximum Gasteiger partial charge on any atom is 0.180 e. The van der Waals surface area contributed by atoms with E-state index in [2.05, 4.69) is 9.88 Å². The van der Waals surface area contributed by atoms with Gasteiger partial charge in [-0.1, -0.05) is 0 Å². The van der Waals surface area contributed by atoms with Crippen LogP contribution in [0.1, 0.15) is 23.2 Å². The SMILES string of the molecule is Nc1ccncc1C(=O)CN1CCCC1. The number of nitrogens with zero attached hydrogens (tertiary/aromatic N) is 2. The van der Waals surface area contributed by atoms with Crippen LogP contribution in [0.25, 0.3) is 0 Å². The number of carbonyl (C=O) groups is 1. The molecule has 0 radical (unpaired) electrons. The van der Waals surface area contributed by atoms with Gasteiger partial charge >= 0.3 is 0 Å². The maximum atomic E-state index is 11.9. The number of hydrogen-bond donors (Lipinski definition) is 1. The molecule has 0 aliphatic carbocycles. The Labute approximate surface area is 89.1 Å². The Bertz CT molecular complexity index is 359. The predicted molar refractivity (Wildman–Crippen MR) is 58.7 cm³/mol. The minimum absolute atomic E-state index is 0.0718. The first-order valence-corrected chi connectivity index (χ1v) is 5.22. The van der Waals surface area contributed by atoms with Gasteiger partial charge in [-0.2, -0.15) is 0 Å². The molecule has 0 saturated carbocycles. The first-order valence-electron chi connectivity index (χ1n) is 5.22. The second-order valence-corrected chi connectivity index (χ2v) is 3.87. The summed E-state index contributed by atoms with van der Waals surface area (Å²) in [5.41, 5.74) is 6.78. The van der Waals surface area contributed by atoms with Gasteiger partial charge in [0.1, 0.15) is 0 Å². The van der Waals surface area contributed by atoms with E-state index < -0.39 is 0 Å². The van der Waals surface area contributed by atoms with Gasteiger partial charge in [-0.3, -0.25) is 14.7 Å². The Kier molecular flexibility index (Phi) is 2.97.